The van der Waals surface area contributed by atoms with E-state index < -0.39 is 11.9 Å². The number of benzene rings is 1. The molecule has 2 aromatic rings. The molecule has 3 rings (SSSR count). The minimum Gasteiger partial charge on any atom is -0.481 e. The van der Waals surface area contributed by atoms with Gasteiger partial charge in [0.15, 0.2) is 0 Å². The maximum atomic E-state index is 11.1. The van der Waals surface area contributed by atoms with E-state index in [0.29, 0.717) is 12.2 Å². The molecular formula is C13H12O3. The quantitative estimate of drug-likeness (QED) is 0.797. The van der Waals surface area contributed by atoms with Crippen LogP contribution in [0, 0.1) is 0 Å². The third kappa shape index (κ3) is 1.24. The Bertz CT molecular complexity index is 553. The van der Waals surface area contributed by atoms with Crippen molar-refractivity contribution in [2.45, 2.75) is 25.2 Å². The van der Waals surface area contributed by atoms with Crippen LogP contribution in [0.25, 0.3) is 11.0 Å². The van der Waals surface area contributed by atoms with Crippen LogP contribution in [-0.4, -0.2) is 11.1 Å². The fourth-order valence-electron chi connectivity index (χ4n) is 2.51. The molecule has 0 spiro atoms. The third-order valence-electron chi connectivity index (χ3n) is 3.26. The monoisotopic (exact) mass is 216 g/mol. The normalized spacial score (nSPS) is 19.6. The van der Waals surface area contributed by atoms with Gasteiger partial charge in [-0.2, -0.15) is 0 Å². The average molecular weight is 216 g/mol. The molecular weight excluding hydrogens is 204 g/mol. The van der Waals surface area contributed by atoms with Gasteiger partial charge in [0, 0.05) is 10.9 Å². The third-order valence-corrected chi connectivity index (χ3v) is 3.26. The maximum absolute atomic E-state index is 11.1. The zero-order valence-corrected chi connectivity index (χ0v) is 8.77. The van der Waals surface area contributed by atoms with E-state index in [0.717, 1.165) is 29.4 Å². The van der Waals surface area contributed by atoms with E-state index in [1.807, 2.05) is 24.3 Å². The molecule has 1 aromatic carbocycles. The van der Waals surface area contributed by atoms with Crippen molar-refractivity contribution >= 4 is 16.9 Å². The zero-order chi connectivity index (χ0) is 11.1. The molecule has 0 fully saturated rings. The average Bonchev–Trinajstić information content (AvgIpc) is 2.67. The van der Waals surface area contributed by atoms with Crippen LogP contribution in [-0.2, 0) is 11.2 Å². The van der Waals surface area contributed by atoms with Crippen LogP contribution in [0.1, 0.15) is 30.1 Å². The first kappa shape index (κ1) is 9.46. The Hall–Kier alpha value is -1.77. The van der Waals surface area contributed by atoms with Gasteiger partial charge in [-0.25, -0.2) is 0 Å². The lowest BCUT2D eigenvalue weighted by molar-refractivity contribution is -0.139. The number of aryl methyl sites for hydroxylation is 1. The number of hydrogen-bond acceptors (Lipinski definition) is 2. The topological polar surface area (TPSA) is 50.4 Å². The number of aliphatic carboxylic acids is 1. The number of carboxylic acids is 1. The lowest BCUT2D eigenvalue weighted by atomic mass is 9.87. The molecule has 16 heavy (non-hydrogen) atoms. The second-order valence-electron chi connectivity index (χ2n) is 4.22. The van der Waals surface area contributed by atoms with Crippen molar-refractivity contribution < 1.29 is 14.3 Å². The summed E-state index contributed by atoms with van der Waals surface area (Å²) in [5, 5.41) is 10.2. The Labute approximate surface area is 92.7 Å². The Morgan fingerprint density at radius 3 is 3.00 bits per heavy atom. The number of furan rings is 1. The van der Waals surface area contributed by atoms with Crippen LogP contribution in [0.5, 0.6) is 0 Å². The molecule has 0 aliphatic heterocycles. The summed E-state index contributed by atoms with van der Waals surface area (Å²) in [6.07, 6.45) is 2.53. The molecule has 1 unspecified atom stereocenters. The fraction of sp³-hybridized carbons (Fsp3) is 0.308. The van der Waals surface area contributed by atoms with Gasteiger partial charge in [-0.3, -0.25) is 4.79 Å². The van der Waals surface area contributed by atoms with Crippen molar-refractivity contribution in [3.8, 4) is 0 Å². The second-order valence-corrected chi connectivity index (χ2v) is 4.22. The zero-order valence-electron chi connectivity index (χ0n) is 8.77. The Morgan fingerprint density at radius 2 is 2.19 bits per heavy atom. The van der Waals surface area contributed by atoms with Gasteiger partial charge in [-0.1, -0.05) is 18.2 Å². The van der Waals surface area contributed by atoms with Gasteiger partial charge in [-0.15, -0.1) is 0 Å². The van der Waals surface area contributed by atoms with Gasteiger partial charge in [0.25, 0.3) is 0 Å². The molecule has 1 heterocycles. The van der Waals surface area contributed by atoms with Crippen LogP contribution in [0.2, 0.25) is 0 Å². The largest absolute Gasteiger partial charge is 0.481 e. The Kier molecular flexibility index (Phi) is 1.99. The molecule has 0 bridgehead atoms. The molecule has 1 aliphatic rings. The number of hydrogen-bond donors (Lipinski definition) is 1. The van der Waals surface area contributed by atoms with E-state index in [9.17, 15) is 4.79 Å². The molecule has 0 radical (unpaired) electrons. The van der Waals surface area contributed by atoms with Gasteiger partial charge in [-0.05, 0) is 25.3 Å². The van der Waals surface area contributed by atoms with E-state index in [1.165, 1.54) is 0 Å². The summed E-state index contributed by atoms with van der Waals surface area (Å²) in [6, 6.07) is 7.77. The Morgan fingerprint density at radius 1 is 1.38 bits per heavy atom. The Balaban J connectivity index is 2.25. The van der Waals surface area contributed by atoms with Crippen molar-refractivity contribution in [1.29, 1.82) is 0 Å². The highest BCUT2D eigenvalue weighted by molar-refractivity contribution is 5.86. The number of carbonyl (C=O) groups is 1. The molecule has 0 amide bonds. The number of carboxylic acid groups (broad SMARTS) is 1. The van der Waals surface area contributed by atoms with Crippen LogP contribution >= 0.6 is 0 Å². The lowest BCUT2D eigenvalue weighted by Crippen LogP contribution is -2.16. The summed E-state index contributed by atoms with van der Waals surface area (Å²) in [5.41, 5.74) is 1.90. The smallest absolute Gasteiger partial charge is 0.314 e. The molecule has 1 atom stereocenters. The van der Waals surface area contributed by atoms with Crippen molar-refractivity contribution in [1.82, 2.24) is 0 Å². The lowest BCUT2D eigenvalue weighted by Gasteiger charge is -2.16. The van der Waals surface area contributed by atoms with Crippen molar-refractivity contribution in [3.63, 3.8) is 0 Å². The van der Waals surface area contributed by atoms with Crippen molar-refractivity contribution in [3.05, 3.63) is 35.6 Å². The minimum absolute atomic E-state index is 0.462. The minimum atomic E-state index is -0.778. The number of fused-ring (bicyclic) bond motifs is 3. The SMILES string of the molecule is O=C(O)C1CCCc2c1oc1ccccc21. The van der Waals surface area contributed by atoms with Gasteiger partial charge in [0.2, 0.25) is 0 Å². The predicted octanol–water partition coefficient (Wildman–Crippen LogP) is 2.94. The van der Waals surface area contributed by atoms with Gasteiger partial charge < -0.3 is 9.52 Å². The summed E-state index contributed by atoms with van der Waals surface area (Å²) < 4.78 is 5.68. The first-order chi connectivity index (χ1) is 7.77. The van der Waals surface area contributed by atoms with Gasteiger partial charge >= 0.3 is 5.97 Å². The van der Waals surface area contributed by atoms with Crippen LogP contribution in [0.15, 0.2) is 28.7 Å². The molecule has 1 aliphatic carbocycles. The van der Waals surface area contributed by atoms with E-state index in [2.05, 4.69) is 0 Å². The van der Waals surface area contributed by atoms with Gasteiger partial charge in [0.1, 0.15) is 17.3 Å². The van der Waals surface area contributed by atoms with E-state index in [-0.39, 0.29) is 0 Å². The summed E-state index contributed by atoms with van der Waals surface area (Å²) in [5.74, 6) is -0.573. The molecule has 82 valence electrons. The summed E-state index contributed by atoms with van der Waals surface area (Å²) in [6.45, 7) is 0. The summed E-state index contributed by atoms with van der Waals surface area (Å²) in [7, 11) is 0. The summed E-state index contributed by atoms with van der Waals surface area (Å²) in [4.78, 5) is 11.1. The highest BCUT2D eigenvalue weighted by Gasteiger charge is 2.31. The molecule has 3 heteroatoms. The van der Waals surface area contributed by atoms with Crippen molar-refractivity contribution in [2.75, 3.05) is 0 Å². The van der Waals surface area contributed by atoms with Crippen LogP contribution < -0.4 is 0 Å². The van der Waals surface area contributed by atoms with Crippen LogP contribution in [0.4, 0.5) is 0 Å². The van der Waals surface area contributed by atoms with Crippen LogP contribution in [0.3, 0.4) is 0 Å². The van der Waals surface area contributed by atoms with E-state index >= 15 is 0 Å². The fourth-order valence-corrected chi connectivity index (χ4v) is 2.51. The molecule has 1 N–H and O–H groups in total. The van der Waals surface area contributed by atoms with Gasteiger partial charge in [0.05, 0.1) is 0 Å². The molecule has 0 saturated heterocycles. The highest BCUT2D eigenvalue weighted by Crippen LogP contribution is 2.38. The molecule has 3 nitrogen and oxygen atoms in total. The maximum Gasteiger partial charge on any atom is 0.314 e. The summed E-state index contributed by atoms with van der Waals surface area (Å²) >= 11 is 0. The van der Waals surface area contributed by atoms with E-state index in [1.54, 1.807) is 0 Å². The standard InChI is InChI=1S/C13H12O3/c14-13(15)10-6-3-5-9-8-4-1-2-7-11(8)16-12(9)10/h1-2,4,7,10H,3,5-6H2,(H,14,15). The predicted molar refractivity (Wildman–Crippen MR) is 59.5 cm³/mol. The van der Waals surface area contributed by atoms with E-state index in [4.69, 9.17) is 9.52 Å². The highest BCUT2D eigenvalue weighted by atomic mass is 16.4. The van der Waals surface area contributed by atoms with Crippen molar-refractivity contribution in [2.24, 2.45) is 0 Å². The first-order valence-corrected chi connectivity index (χ1v) is 5.50. The first-order valence-electron chi connectivity index (χ1n) is 5.50. The number of para-hydroxylation sites is 1. The molecule has 1 aromatic heterocycles. The molecule has 0 saturated carbocycles. The number of rotatable bonds is 1. The second kappa shape index (κ2) is 3.37.